The first-order valence-corrected chi connectivity index (χ1v) is 15.4. The summed E-state index contributed by atoms with van der Waals surface area (Å²) in [5, 5.41) is 0. The van der Waals surface area contributed by atoms with Gasteiger partial charge in [0.25, 0.3) is 11.5 Å². The van der Waals surface area contributed by atoms with Crippen LogP contribution in [-0.2, 0) is 6.42 Å². The molecule has 3 aliphatic rings. The van der Waals surface area contributed by atoms with Gasteiger partial charge in [0.2, 0.25) is 11.4 Å². The van der Waals surface area contributed by atoms with Gasteiger partial charge in [-0.2, -0.15) is 0 Å². The summed E-state index contributed by atoms with van der Waals surface area (Å²) in [6.45, 7) is 15.4. The number of aryl methyl sites for hydroxylation is 4. The number of fused-ring (bicyclic) bond motifs is 2. The number of ketones is 1. The quantitative estimate of drug-likeness (QED) is 0.237. The van der Waals surface area contributed by atoms with Crippen LogP contribution < -0.4 is 4.90 Å². The van der Waals surface area contributed by atoms with E-state index in [4.69, 9.17) is 0 Å². The Morgan fingerprint density at radius 1 is 0.881 bits per heavy atom. The lowest BCUT2D eigenvalue weighted by Gasteiger charge is -2.34. The molecule has 6 rings (SSSR count). The maximum absolute atomic E-state index is 14.4. The molecule has 0 radical (unpaired) electrons. The third-order valence-corrected chi connectivity index (χ3v) is 9.47. The summed E-state index contributed by atoms with van der Waals surface area (Å²) in [6.07, 6.45) is 9.98. The monoisotopic (exact) mass is 555 g/mol. The summed E-state index contributed by atoms with van der Waals surface area (Å²) in [6, 6.07) is 18.1. The molecular formula is C39H43N2O+. The molecule has 3 aromatic carbocycles. The average Bonchev–Trinajstić information content (AvgIpc) is 3.19. The van der Waals surface area contributed by atoms with Crippen LogP contribution in [0.25, 0.3) is 12.2 Å². The Labute approximate surface area is 251 Å². The first kappa shape index (κ1) is 28.2. The first-order chi connectivity index (χ1) is 20.0. The van der Waals surface area contributed by atoms with Crippen LogP contribution in [0.15, 0.2) is 71.5 Å². The summed E-state index contributed by atoms with van der Waals surface area (Å²) < 4.78 is 2.27. The van der Waals surface area contributed by atoms with E-state index in [1.54, 1.807) is 0 Å². The number of rotatable bonds is 4. The molecule has 2 heterocycles. The van der Waals surface area contributed by atoms with E-state index >= 15 is 0 Å². The van der Waals surface area contributed by atoms with Crippen molar-refractivity contribution in [2.45, 2.75) is 73.8 Å². The summed E-state index contributed by atoms with van der Waals surface area (Å²) in [5.74, 6) is 0.602. The standard InChI is InChI=1S/C39H43N2O/c1-23-17-25(3)36(26(4)18-23)38-39(42)33-22-31(11-10-30-12-15-34-32(21-30)14-9-29(7)40(34)8)13-16-35(33)41(38)37-27(5)19-24(2)20-28(37)6/h10-13,15-19,21-22,24,29H,9,14,20H2,1-8H3/q+1/b11-10+. The topological polar surface area (TPSA) is 23.3 Å². The lowest BCUT2D eigenvalue weighted by Crippen LogP contribution is -2.33. The molecule has 0 spiro atoms. The molecule has 2 aliphatic heterocycles. The Morgan fingerprint density at radius 3 is 2.24 bits per heavy atom. The lowest BCUT2D eigenvalue weighted by atomic mass is 9.89. The van der Waals surface area contributed by atoms with Crippen molar-refractivity contribution in [3.63, 3.8) is 0 Å². The van der Waals surface area contributed by atoms with Crippen molar-refractivity contribution >= 4 is 35.0 Å². The van der Waals surface area contributed by atoms with Crippen molar-refractivity contribution in [2.24, 2.45) is 5.92 Å². The van der Waals surface area contributed by atoms with Crippen molar-refractivity contribution in [1.82, 2.24) is 0 Å². The zero-order chi connectivity index (χ0) is 29.9. The molecule has 3 heteroatoms. The molecule has 0 amide bonds. The number of allylic oxidation sites excluding steroid dienone is 3. The van der Waals surface area contributed by atoms with Crippen molar-refractivity contribution in [3.8, 4) is 0 Å². The molecule has 214 valence electrons. The van der Waals surface area contributed by atoms with Gasteiger partial charge in [0.1, 0.15) is 5.56 Å². The molecular weight excluding hydrogens is 512 g/mol. The van der Waals surface area contributed by atoms with Gasteiger partial charge in [0, 0.05) is 30.4 Å². The van der Waals surface area contributed by atoms with Crippen LogP contribution in [-0.4, -0.2) is 29.2 Å². The predicted molar refractivity (Wildman–Crippen MR) is 177 cm³/mol. The van der Waals surface area contributed by atoms with Gasteiger partial charge in [-0.1, -0.05) is 48.9 Å². The van der Waals surface area contributed by atoms with Crippen LogP contribution in [0, 0.1) is 26.7 Å². The second-order valence-corrected chi connectivity index (χ2v) is 12.9. The second kappa shape index (κ2) is 10.7. The Morgan fingerprint density at radius 2 is 1.55 bits per heavy atom. The number of anilines is 1. The minimum atomic E-state index is 0.105. The third kappa shape index (κ3) is 4.79. The predicted octanol–water partition coefficient (Wildman–Crippen LogP) is 9.14. The molecule has 0 N–H and O–H groups in total. The van der Waals surface area contributed by atoms with E-state index in [2.05, 4.69) is 132 Å². The minimum absolute atomic E-state index is 0.105. The van der Waals surface area contributed by atoms with Gasteiger partial charge in [-0.05, 0) is 124 Å². The molecule has 3 nitrogen and oxygen atoms in total. The molecule has 2 atom stereocenters. The molecule has 0 aromatic heterocycles. The molecule has 2 unspecified atom stereocenters. The molecule has 3 aromatic rings. The van der Waals surface area contributed by atoms with E-state index in [1.807, 2.05) is 0 Å². The number of hydrogen-bond donors (Lipinski definition) is 0. The number of Topliss-reactive ketones (excluding diaryl/α,β-unsaturated/α-hetero) is 1. The van der Waals surface area contributed by atoms with Gasteiger partial charge in [-0.25, -0.2) is 0 Å². The van der Waals surface area contributed by atoms with Crippen LogP contribution in [0.3, 0.4) is 0 Å². The van der Waals surface area contributed by atoms with E-state index in [0.29, 0.717) is 12.0 Å². The highest BCUT2D eigenvalue weighted by molar-refractivity contribution is 6.52. The van der Waals surface area contributed by atoms with Crippen LogP contribution >= 0.6 is 0 Å². The van der Waals surface area contributed by atoms with Gasteiger partial charge < -0.3 is 4.90 Å². The molecule has 0 saturated carbocycles. The normalized spacial score (nSPS) is 20.4. The largest absolute Gasteiger partial charge is 0.372 e. The highest BCUT2D eigenvalue weighted by Gasteiger charge is 2.44. The van der Waals surface area contributed by atoms with Crippen molar-refractivity contribution in [2.75, 3.05) is 11.9 Å². The fourth-order valence-electron chi connectivity index (χ4n) is 7.48. The van der Waals surface area contributed by atoms with Crippen molar-refractivity contribution < 1.29 is 9.37 Å². The highest BCUT2D eigenvalue weighted by Crippen LogP contribution is 2.40. The van der Waals surface area contributed by atoms with E-state index in [1.165, 1.54) is 45.6 Å². The van der Waals surface area contributed by atoms with Crippen LogP contribution in [0.4, 0.5) is 11.4 Å². The van der Waals surface area contributed by atoms with E-state index in [9.17, 15) is 4.79 Å². The number of benzene rings is 3. The van der Waals surface area contributed by atoms with E-state index in [0.717, 1.165) is 52.1 Å². The maximum Gasteiger partial charge on any atom is 0.268 e. The maximum atomic E-state index is 14.4. The van der Waals surface area contributed by atoms with Gasteiger partial charge >= 0.3 is 0 Å². The van der Waals surface area contributed by atoms with Crippen LogP contribution in [0.5, 0.6) is 0 Å². The Hall–Kier alpha value is -3.98. The SMILES string of the molecule is CC1=CC(C)CC(C)=C1[N+]1=C(c2c(C)cc(C)cc2C)C(=O)c2cc(/C=C/c3ccc4c(c3)CCC(C)N4C)ccc21. The Balaban J connectivity index is 1.44. The van der Waals surface area contributed by atoms with Gasteiger partial charge in [-0.3, -0.25) is 4.79 Å². The van der Waals surface area contributed by atoms with Gasteiger partial charge in [-0.15, -0.1) is 4.58 Å². The summed E-state index contributed by atoms with van der Waals surface area (Å²) >= 11 is 0. The summed E-state index contributed by atoms with van der Waals surface area (Å²) in [7, 11) is 2.19. The fraction of sp³-hybridized carbons (Fsp3) is 0.333. The molecule has 42 heavy (non-hydrogen) atoms. The summed E-state index contributed by atoms with van der Waals surface area (Å²) in [4.78, 5) is 16.8. The summed E-state index contributed by atoms with van der Waals surface area (Å²) in [5.41, 5.74) is 15.8. The average molecular weight is 556 g/mol. The van der Waals surface area contributed by atoms with Gasteiger partial charge in [0.05, 0.1) is 5.56 Å². The smallest absolute Gasteiger partial charge is 0.268 e. The molecule has 0 fully saturated rings. The Kier molecular flexibility index (Phi) is 7.17. The zero-order valence-electron chi connectivity index (χ0n) is 26.4. The van der Waals surface area contributed by atoms with E-state index in [-0.39, 0.29) is 5.78 Å². The third-order valence-electron chi connectivity index (χ3n) is 9.47. The Bertz CT molecular complexity index is 1740. The number of hydrogen-bond acceptors (Lipinski definition) is 2. The van der Waals surface area contributed by atoms with Crippen LogP contribution in [0.1, 0.15) is 89.8 Å². The van der Waals surface area contributed by atoms with Crippen LogP contribution in [0.2, 0.25) is 0 Å². The first-order valence-electron chi connectivity index (χ1n) is 15.4. The number of carbonyl (C=O) groups is 1. The molecule has 0 bridgehead atoms. The van der Waals surface area contributed by atoms with E-state index < -0.39 is 0 Å². The second-order valence-electron chi connectivity index (χ2n) is 12.9. The van der Waals surface area contributed by atoms with Crippen molar-refractivity contribution in [1.29, 1.82) is 0 Å². The van der Waals surface area contributed by atoms with Crippen molar-refractivity contribution in [3.05, 3.63) is 116 Å². The fourth-order valence-corrected chi connectivity index (χ4v) is 7.48. The van der Waals surface area contributed by atoms with Gasteiger partial charge in [0.15, 0.2) is 0 Å². The molecule has 1 aliphatic carbocycles. The minimum Gasteiger partial charge on any atom is -0.372 e. The molecule has 0 saturated heterocycles. The number of nitrogens with zero attached hydrogens (tertiary/aromatic N) is 2. The number of carbonyl (C=O) groups excluding carboxylic acids is 1. The highest BCUT2D eigenvalue weighted by atomic mass is 16.1. The zero-order valence-corrected chi connectivity index (χ0v) is 26.4. The lowest BCUT2D eigenvalue weighted by molar-refractivity contribution is -0.376.